The maximum atomic E-state index is 12.9. The zero-order valence-electron chi connectivity index (χ0n) is 17.1. The highest BCUT2D eigenvalue weighted by atomic mass is 35.5. The number of carbonyl (C=O) groups excluding carboxylic acids is 2. The molecule has 2 amide bonds. The molecule has 2 aromatic carbocycles. The molecular formula is C24H28ClN3O2. The number of anilines is 1. The molecule has 2 fully saturated rings. The maximum absolute atomic E-state index is 12.9. The van der Waals surface area contributed by atoms with Crippen molar-refractivity contribution in [2.45, 2.75) is 32.2 Å². The summed E-state index contributed by atoms with van der Waals surface area (Å²) in [4.78, 5) is 30.0. The third-order valence-corrected chi connectivity index (χ3v) is 6.49. The number of piperidine rings is 1. The first-order valence-electron chi connectivity index (χ1n) is 10.8. The van der Waals surface area contributed by atoms with E-state index < -0.39 is 0 Å². The second-order valence-corrected chi connectivity index (χ2v) is 8.58. The number of halogens is 1. The quantitative estimate of drug-likeness (QED) is 0.771. The Bertz CT molecular complexity index is 903. The van der Waals surface area contributed by atoms with Gasteiger partial charge in [0.15, 0.2) is 0 Å². The van der Waals surface area contributed by atoms with Gasteiger partial charge in [-0.2, -0.15) is 0 Å². The molecule has 0 atom stereocenters. The SMILES string of the molecule is O=C(Nc1ccccc1C(=O)N1CCCC1)C1CCN(Cc2ccccc2Cl)CC1. The first-order valence-corrected chi connectivity index (χ1v) is 11.1. The summed E-state index contributed by atoms with van der Waals surface area (Å²) in [5.41, 5.74) is 2.33. The monoisotopic (exact) mass is 425 g/mol. The average molecular weight is 426 g/mol. The van der Waals surface area contributed by atoms with Crippen LogP contribution in [-0.2, 0) is 11.3 Å². The van der Waals surface area contributed by atoms with Crippen LogP contribution in [0.1, 0.15) is 41.6 Å². The first-order chi connectivity index (χ1) is 14.6. The first kappa shape index (κ1) is 20.9. The molecule has 0 radical (unpaired) electrons. The zero-order chi connectivity index (χ0) is 20.9. The standard InChI is InChI=1S/C24H28ClN3O2/c25-21-9-3-1-7-19(21)17-27-15-11-18(12-16-27)23(29)26-22-10-4-2-8-20(22)24(30)28-13-5-6-14-28/h1-4,7-10,18H,5-6,11-17H2,(H,26,29). The van der Waals surface area contributed by atoms with Gasteiger partial charge in [-0.25, -0.2) is 0 Å². The van der Waals surface area contributed by atoms with Crippen molar-refractivity contribution < 1.29 is 9.59 Å². The molecule has 6 heteroatoms. The Morgan fingerprint density at radius 2 is 1.60 bits per heavy atom. The van der Waals surface area contributed by atoms with Crippen molar-refractivity contribution in [3.05, 3.63) is 64.7 Å². The van der Waals surface area contributed by atoms with Crippen LogP contribution < -0.4 is 5.32 Å². The Morgan fingerprint density at radius 3 is 2.33 bits per heavy atom. The molecule has 0 aliphatic carbocycles. The third kappa shape index (κ3) is 4.85. The Hall–Kier alpha value is -2.37. The molecule has 2 aliphatic rings. The lowest BCUT2D eigenvalue weighted by molar-refractivity contribution is -0.121. The van der Waals surface area contributed by atoms with Crippen LogP contribution in [0.3, 0.4) is 0 Å². The summed E-state index contributed by atoms with van der Waals surface area (Å²) >= 11 is 6.28. The summed E-state index contributed by atoms with van der Waals surface area (Å²) < 4.78 is 0. The van der Waals surface area contributed by atoms with E-state index in [1.807, 2.05) is 47.4 Å². The fourth-order valence-electron chi connectivity index (χ4n) is 4.32. The van der Waals surface area contributed by atoms with Gasteiger partial charge in [0.2, 0.25) is 5.91 Å². The number of likely N-dealkylation sites (tertiary alicyclic amines) is 2. The summed E-state index contributed by atoms with van der Waals surface area (Å²) in [5.74, 6) is -0.0190. The van der Waals surface area contributed by atoms with Gasteiger partial charge in [0.1, 0.15) is 0 Å². The molecule has 2 saturated heterocycles. The highest BCUT2D eigenvalue weighted by Gasteiger charge is 2.27. The van der Waals surface area contributed by atoms with Gasteiger partial charge in [0.25, 0.3) is 5.91 Å². The molecule has 0 saturated carbocycles. The van der Waals surface area contributed by atoms with Gasteiger partial charge in [-0.1, -0.05) is 41.9 Å². The van der Waals surface area contributed by atoms with Crippen molar-refractivity contribution in [3.63, 3.8) is 0 Å². The lowest BCUT2D eigenvalue weighted by Crippen LogP contribution is -2.38. The number of hydrogen-bond acceptors (Lipinski definition) is 3. The van der Waals surface area contributed by atoms with Crippen LogP contribution in [0.5, 0.6) is 0 Å². The Labute approximate surface area is 183 Å². The number of hydrogen-bond donors (Lipinski definition) is 1. The summed E-state index contributed by atoms with van der Waals surface area (Å²) in [5, 5.41) is 3.82. The summed E-state index contributed by atoms with van der Waals surface area (Å²) in [7, 11) is 0. The van der Waals surface area contributed by atoms with Crippen molar-refractivity contribution in [2.75, 3.05) is 31.5 Å². The molecule has 1 N–H and O–H groups in total. The van der Waals surface area contributed by atoms with Crippen LogP contribution in [0, 0.1) is 5.92 Å². The highest BCUT2D eigenvalue weighted by Crippen LogP contribution is 2.25. The number of rotatable bonds is 5. The fraction of sp³-hybridized carbons (Fsp3) is 0.417. The molecule has 5 nitrogen and oxygen atoms in total. The minimum Gasteiger partial charge on any atom is -0.339 e. The summed E-state index contributed by atoms with van der Waals surface area (Å²) in [6, 6.07) is 15.3. The molecule has 158 valence electrons. The topological polar surface area (TPSA) is 52.7 Å². The van der Waals surface area contributed by atoms with Crippen LogP contribution >= 0.6 is 11.6 Å². The predicted molar refractivity (Wildman–Crippen MR) is 120 cm³/mol. The fourth-order valence-corrected chi connectivity index (χ4v) is 4.52. The molecule has 0 spiro atoms. The minimum atomic E-state index is -0.0394. The maximum Gasteiger partial charge on any atom is 0.255 e. The second kappa shape index (κ2) is 9.63. The molecule has 4 rings (SSSR count). The number of nitrogens with zero attached hydrogens (tertiary/aromatic N) is 2. The largest absolute Gasteiger partial charge is 0.339 e. The molecule has 2 aliphatic heterocycles. The Kier molecular flexibility index (Phi) is 6.70. The van der Waals surface area contributed by atoms with E-state index in [0.717, 1.165) is 69.0 Å². The smallest absolute Gasteiger partial charge is 0.255 e. The molecule has 2 heterocycles. The molecule has 2 aromatic rings. The van der Waals surface area contributed by atoms with E-state index in [1.54, 1.807) is 0 Å². The van der Waals surface area contributed by atoms with Crippen molar-refractivity contribution in [3.8, 4) is 0 Å². The second-order valence-electron chi connectivity index (χ2n) is 8.18. The normalized spacial score (nSPS) is 17.8. The molecule has 30 heavy (non-hydrogen) atoms. The minimum absolute atomic E-state index is 0.00839. The predicted octanol–water partition coefficient (Wildman–Crippen LogP) is 4.43. The molecule has 0 unspecified atom stereocenters. The molecule has 0 bridgehead atoms. The zero-order valence-corrected chi connectivity index (χ0v) is 17.9. The van der Waals surface area contributed by atoms with Crippen molar-refractivity contribution >= 4 is 29.1 Å². The summed E-state index contributed by atoms with van der Waals surface area (Å²) in [6.45, 7) is 4.12. The van der Waals surface area contributed by atoms with E-state index in [4.69, 9.17) is 11.6 Å². The number of para-hydroxylation sites is 1. The van der Waals surface area contributed by atoms with E-state index in [9.17, 15) is 9.59 Å². The van der Waals surface area contributed by atoms with Gasteiger partial charge in [0.05, 0.1) is 11.3 Å². The average Bonchev–Trinajstić information content (AvgIpc) is 3.31. The van der Waals surface area contributed by atoms with E-state index >= 15 is 0 Å². The third-order valence-electron chi connectivity index (χ3n) is 6.12. The number of nitrogens with one attached hydrogen (secondary N) is 1. The number of carbonyl (C=O) groups is 2. The number of amides is 2. The Morgan fingerprint density at radius 1 is 0.933 bits per heavy atom. The van der Waals surface area contributed by atoms with Crippen molar-refractivity contribution in [1.29, 1.82) is 0 Å². The highest BCUT2D eigenvalue weighted by molar-refractivity contribution is 6.31. The lowest BCUT2D eigenvalue weighted by atomic mass is 9.95. The van der Waals surface area contributed by atoms with Gasteiger partial charge in [-0.15, -0.1) is 0 Å². The van der Waals surface area contributed by atoms with Crippen molar-refractivity contribution in [2.24, 2.45) is 5.92 Å². The molecular weight excluding hydrogens is 398 g/mol. The van der Waals surface area contributed by atoms with Gasteiger partial charge < -0.3 is 10.2 Å². The van der Waals surface area contributed by atoms with Gasteiger partial charge in [-0.05, 0) is 62.5 Å². The van der Waals surface area contributed by atoms with Gasteiger partial charge in [-0.3, -0.25) is 14.5 Å². The molecule has 0 aromatic heterocycles. The van der Waals surface area contributed by atoms with Crippen LogP contribution in [-0.4, -0.2) is 47.8 Å². The Balaban J connectivity index is 1.34. The van der Waals surface area contributed by atoms with Crippen LogP contribution in [0.15, 0.2) is 48.5 Å². The van der Waals surface area contributed by atoms with Gasteiger partial charge >= 0.3 is 0 Å². The van der Waals surface area contributed by atoms with E-state index in [1.165, 1.54) is 0 Å². The van der Waals surface area contributed by atoms with E-state index in [-0.39, 0.29) is 17.7 Å². The lowest BCUT2D eigenvalue weighted by Gasteiger charge is -2.31. The van der Waals surface area contributed by atoms with Gasteiger partial charge in [0, 0.05) is 30.6 Å². The van der Waals surface area contributed by atoms with E-state index in [0.29, 0.717) is 11.3 Å². The van der Waals surface area contributed by atoms with Crippen LogP contribution in [0.25, 0.3) is 0 Å². The van der Waals surface area contributed by atoms with Crippen LogP contribution in [0.4, 0.5) is 5.69 Å². The van der Waals surface area contributed by atoms with Crippen LogP contribution in [0.2, 0.25) is 5.02 Å². The van der Waals surface area contributed by atoms with Crippen molar-refractivity contribution in [1.82, 2.24) is 9.80 Å². The van der Waals surface area contributed by atoms with E-state index in [2.05, 4.69) is 16.3 Å². The summed E-state index contributed by atoms with van der Waals surface area (Å²) in [6.07, 6.45) is 3.71. The number of benzene rings is 2.